The van der Waals surface area contributed by atoms with E-state index in [1.54, 1.807) is 19.2 Å². The van der Waals surface area contributed by atoms with E-state index in [1.165, 1.54) is 24.6 Å². The molecule has 0 spiro atoms. The fourth-order valence-corrected chi connectivity index (χ4v) is 1.97. The number of hydrogen-bond donors (Lipinski definition) is 0. The molecule has 0 amide bonds. The highest BCUT2D eigenvalue weighted by atomic mass is 32.1. The van der Waals surface area contributed by atoms with Gasteiger partial charge in [0.1, 0.15) is 21.4 Å². The summed E-state index contributed by atoms with van der Waals surface area (Å²) >= 11 is 1.25. The summed E-state index contributed by atoms with van der Waals surface area (Å²) in [5.41, 5.74) is 0.715. The second-order valence-corrected chi connectivity index (χ2v) is 4.04. The van der Waals surface area contributed by atoms with Crippen molar-refractivity contribution in [3.63, 3.8) is 0 Å². The van der Waals surface area contributed by atoms with Gasteiger partial charge < -0.3 is 4.74 Å². The maximum absolute atomic E-state index is 11.2. The lowest BCUT2D eigenvalue weighted by atomic mass is 10.4. The lowest BCUT2D eigenvalue weighted by molar-refractivity contribution is 0.0606. The number of thiazole rings is 1. The summed E-state index contributed by atoms with van der Waals surface area (Å²) in [5.74, 6) is 0.293. The Kier molecular flexibility index (Phi) is 2.91. The molecule has 0 radical (unpaired) electrons. The van der Waals surface area contributed by atoms with Gasteiger partial charge in [-0.1, -0.05) is 0 Å². The summed E-state index contributed by atoms with van der Waals surface area (Å²) < 4.78 is 4.61. The summed E-state index contributed by atoms with van der Waals surface area (Å²) in [5, 5.41) is 0.686. The minimum absolute atomic E-state index is 0.380. The number of nitrogens with zero attached hydrogens (tertiary/aromatic N) is 3. The first kappa shape index (κ1) is 10.7. The third-order valence-electron chi connectivity index (χ3n) is 1.89. The van der Waals surface area contributed by atoms with Crippen LogP contribution in [0.5, 0.6) is 0 Å². The number of rotatable bonds is 2. The van der Waals surface area contributed by atoms with Crippen molar-refractivity contribution < 1.29 is 9.53 Å². The molecule has 2 aromatic rings. The number of carbonyl (C=O) groups is 1. The fraction of sp³-hybridized carbons (Fsp3) is 0.200. The van der Waals surface area contributed by atoms with Crippen LogP contribution in [0.4, 0.5) is 0 Å². The molecule has 2 heterocycles. The smallest absolute Gasteiger partial charge is 0.349 e. The average Bonchev–Trinajstić information content (AvgIpc) is 2.77. The molecule has 16 heavy (non-hydrogen) atoms. The number of carbonyl (C=O) groups excluding carboxylic acids is 1. The van der Waals surface area contributed by atoms with Crippen molar-refractivity contribution >= 4 is 17.3 Å². The van der Waals surface area contributed by atoms with Crippen LogP contribution in [0.3, 0.4) is 0 Å². The molecular weight excluding hydrogens is 226 g/mol. The second-order valence-electron chi connectivity index (χ2n) is 3.01. The highest BCUT2D eigenvalue weighted by molar-refractivity contribution is 7.16. The Balaban J connectivity index is 2.35. The molecule has 6 heteroatoms. The Bertz CT molecular complexity index is 524. The minimum atomic E-state index is -0.380. The number of aryl methyl sites for hydroxylation is 1. The number of methoxy groups -OCH3 is 1. The van der Waals surface area contributed by atoms with E-state index >= 15 is 0 Å². The molecule has 0 unspecified atom stereocenters. The van der Waals surface area contributed by atoms with Gasteiger partial charge in [-0.2, -0.15) is 0 Å². The number of aromatic nitrogens is 3. The van der Waals surface area contributed by atoms with Crippen LogP contribution in [-0.2, 0) is 4.74 Å². The van der Waals surface area contributed by atoms with E-state index < -0.39 is 0 Å². The molecule has 0 fully saturated rings. The average molecular weight is 235 g/mol. The van der Waals surface area contributed by atoms with Crippen LogP contribution in [0.1, 0.15) is 15.5 Å². The molecule has 0 saturated carbocycles. The van der Waals surface area contributed by atoms with Crippen LogP contribution in [0.25, 0.3) is 10.7 Å². The molecule has 2 aromatic heterocycles. The molecule has 0 aliphatic rings. The van der Waals surface area contributed by atoms with E-state index in [0.717, 1.165) is 0 Å². The van der Waals surface area contributed by atoms with Gasteiger partial charge in [0.05, 0.1) is 13.3 Å². The van der Waals surface area contributed by atoms with E-state index in [-0.39, 0.29) is 5.97 Å². The topological polar surface area (TPSA) is 65.0 Å². The predicted octanol–water partition coefficient (Wildman–Crippen LogP) is 1.70. The van der Waals surface area contributed by atoms with E-state index in [2.05, 4.69) is 19.7 Å². The van der Waals surface area contributed by atoms with Gasteiger partial charge in [-0.05, 0) is 13.0 Å². The Morgan fingerprint density at radius 3 is 2.94 bits per heavy atom. The van der Waals surface area contributed by atoms with E-state index in [1.807, 2.05) is 0 Å². The zero-order chi connectivity index (χ0) is 11.5. The standard InChI is InChI=1S/C10H9N3O2S/c1-6-11-4-3-7(13-6)9-12-5-8(16-9)10(14)15-2/h3-5H,1-2H3. The molecule has 5 nitrogen and oxygen atoms in total. The third-order valence-corrected chi connectivity index (χ3v) is 2.89. The van der Waals surface area contributed by atoms with Crippen molar-refractivity contribution in [2.45, 2.75) is 6.92 Å². The van der Waals surface area contributed by atoms with Crippen molar-refractivity contribution in [2.24, 2.45) is 0 Å². The number of esters is 1. The monoisotopic (exact) mass is 235 g/mol. The lowest BCUT2D eigenvalue weighted by Gasteiger charge is -1.95. The summed E-state index contributed by atoms with van der Waals surface area (Å²) in [6.07, 6.45) is 3.15. The Labute approximate surface area is 96.2 Å². The molecule has 0 atom stereocenters. The number of hydrogen-bond acceptors (Lipinski definition) is 6. The maximum Gasteiger partial charge on any atom is 0.349 e. The SMILES string of the molecule is COC(=O)c1cnc(-c2ccnc(C)n2)s1. The van der Waals surface area contributed by atoms with Crippen LogP contribution >= 0.6 is 11.3 Å². The molecular formula is C10H9N3O2S. The van der Waals surface area contributed by atoms with Gasteiger partial charge >= 0.3 is 5.97 Å². The van der Waals surface area contributed by atoms with Gasteiger partial charge in [-0.15, -0.1) is 11.3 Å². The molecule has 0 saturated heterocycles. The summed E-state index contributed by atoms with van der Waals surface area (Å²) in [4.78, 5) is 24.1. The summed E-state index contributed by atoms with van der Waals surface area (Å²) in [6.45, 7) is 1.80. The summed E-state index contributed by atoms with van der Waals surface area (Å²) in [7, 11) is 1.34. The van der Waals surface area contributed by atoms with Crippen molar-refractivity contribution in [1.82, 2.24) is 15.0 Å². The van der Waals surface area contributed by atoms with Crippen molar-refractivity contribution in [3.8, 4) is 10.7 Å². The largest absolute Gasteiger partial charge is 0.465 e. The highest BCUT2D eigenvalue weighted by Crippen LogP contribution is 2.23. The Hall–Kier alpha value is -1.82. The highest BCUT2D eigenvalue weighted by Gasteiger charge is 2.12. The van der Waals surface area contributed by atoms with Gasteiger partial charge in [-0.3, -0.25) is 0 Å². The molecule has 0 N–H and O–H groups in total. The zero-order valence-corrected chi connectivity index (χ0v) is 9.61. The van der Waals surface area contributed by atoms with Crippen LogP contribution in [0.15, 0.2) is 18.5 Å². The zero-order valence-electron chi connectivity index (χ0n) is 8.80. The molecule has 0 bridgehead atoms. The second kappa shape index (κ2) is 4.36. The van der Waals surface area contributed by atoms with E-state index in [9.17, 15) is 4.79 Å². The van der Waals surface area contributed by atoms with Crippen molar-refractivity contribution in [2.75, 3.05) is 7.11 Å². The van der Waals surface area contributed by atoms with E-state index in [0.29, 0.717) is 21.4 Å². The van der Waals surface area contributed by atoms with Gasteiger partial charge in [0.25, 0.3) is 0 Å². The predicted molar refractivity (Wildman–Crippen MR) is 59.2 cm³/mol. The van der Waals surface area contributed by atoms with Crippen molar-refractivity contribution in [1.29, 1.82) is 0 Å². The van der Waals surface area contributed by atoms with Crippen LogP contribution in [0.2, 0.25) is 0 Å². The molecule has 0 aromatic carbocycles. The maximum atomic E-state index is 11.2. The van der Waals surface area contributed by atoms with Crippen LogP contribution in [0, 0.1) is 6.92 Å². The first-order valence-corrected chi connectivity index (χ1v) is 5.36. The molecule has 2 rings (SSSR count). The minimum Gasteiger partial charge on any atom is -0.465 e. The molecule has 82 valence electrons. The third kappa shape index (κ3) is 2.06. The quantitative estimate of drug-likeness (QED) is 0.741. The van der Waals surface area contributed by atoms with Gasteiger partial charge in [0.2, 0.25) is 0 Å². The first-order valence-electron chi connectivity index (χ1n) is 4.55. The van der Waals surface area contributed by atoms with Crippen molar-refractivity contribution in [3.05, 3.63) is 29.2 Å². The Morgan fingerprint density at radius 1 is 1.44 bits per heavy atom. The van der Waals surface area contributed by atoms with Gasteiger partial charge in [-0.25, -0.2) is 19.7 Å². The van der Waals surface area contributed by atoms with Crippen LogP contribution < -0.4 is 0 Å². The van der Waals surface area contributed by atoms with Gasteiger partial charge in [0, 0.05) is 6.20 Å². The number of ether oxygens (including phenoxy) is 1. The molecule has 0 aliphatic heterocycles. The fourth-order valence-electron chi connectivity index (χ4n) is 1.16. The Morgan fingerprint density at radius 2 is 2.25 bits per heavy atom. The molecule has 0 aliphatic carbocycles. The van der Waals surface area contributed by atoms with Gasteiger partial charge in [0.15, 0.2) is 0 Å². The first-order chi connectivity index (χ1) is 7.70. The summed E-state index contributed by atoms with van der Waals surface area (Å²) in [6, 6.07) is 1.76. The van der Waals surface area contributed by atoms with E-state index in [4.69, 9.17) is 0 Å². The normalized spacial score (nSPS) is 10.1. The van der Waals surface area contributed by atoms with Crippen LogP contribution in [-0.4, -0.2) is 28.0 Å². The lowest BCUT2D eigenvalue weighted by Crippen LogP contribution is -1.96.